The van der Waals surface area contributed by atoms with Crippen molar-refractivity contribution in [3.05, 3.63) is 47.1 Å². The minimum atomic E-state index is -1.28. The summed E-state index contributed by atoms with van der Waals surface area (Å²) in [6.07, 6.45) is 0.685. The first kappa shape index (κ1) is 25.1. The predicted molar refractivity (Wildman–Crippen MR) is 115 cm³/mol. The van der Waals surface area contributed by atoms with Crippen LogP contribution < -0.4 is 15.7 Å². The molecule has 1 aromatic carbocycles. The monoisotopic (exact) mass is 454 g/mol. The van der Waals surface area contributed by atoms with E-state index in [0.717, 1.165) is 12.0 Å². The van der Waals surface area contributed by atoms with Crippen molar-refractivity contribution in [2.24, 2.45) is 0 Å². The Bertz CT molecular complexity index is 828. The molecule has 0 spiro atoms. The Morgan fingerprint density at radius 2 is 2.10 bits per heavy atom. The SMILES string of the molecule is CSCCCC(O)C(O)C(Cc1cc(C)cc(F)c1)NC(=O)c1coc(NC(C)[O-])n1. The number of anilines is 1. The summed E-state index contributed by atoms with van der Waals surface area (Å²) in [5.74, 6) is -0.241. The average molecular weight is 455 g/mol. The van der Waals surface area contributed by atoms with Gasteiger partial charge in [0.15, 0.2) is 5.69 Å². The number of aliphatic hydroxyl groups is 2. The first-order valence-corrected chi connectivity index (χ1v) is 11.4. The highest BCUT2D eigenvalue weighted by Gasteiger charge is 2.29. The van der Waals surface area contributed by atoms with E-state index in [2.05, 4.69) is 15.6 Å². The highest BCUT2D eigenvalue weighted by atomic mass is 32.2. The summed E-state index contributed by atoms with van der Waals surface area (Å²) in [5.41, 5.74) is 1.18. The number of hydrogen-bond donors (Lipinski definition) is 4. The number of amides is 1. The van der Waals surface area contributed by atoms with Gasteiger partial charge in [0.05, 0.1) is 12.1 Å². The molecule has 1 heterocycles. The second-order valence-electron chi connectivity index (χ2n) is 7.44. The quantitative estimate of drug-likeness (QED) is 0.280. The van der Waals surface area contributed by atoms with Gasteiger partial charge in [-0.05, 0) is 61.5 Å². The number of rotatable bonds is 12. The number of hydrogen-bond acceptors (Lipinski definition) is 8. The van der Waals surface area contributed by atoms with E-state index < -0.39 is 36.2 Å². The minimum absolute atomic E-state index is 0.0901. The van der Waals surface area contributed by atoms with Crippen LogP contribution >= 0.6 is 11.8 Å². The van der Waals surface area contributed by atoms with Gasteiger partial charge in [0.1, 0.15) is 18.2 Å². The van der Waals surface area contributed by atoms with Crippen LogP contribution in [0.25, 0.3) is 0 Å². The predicted octanol–water partition coefficient (Wildman–Crippen LogP) is 1.45. The molecular formula is C21H29FN3O5S-. The Morgan fingerprint density at radius 1 is 1.35 bits per heavy atom. The summed E-state index contributed by atoms with van der Waals surface area (Å²) >= 11 is 1.63. The second-order valence-corrected chi connectivity index (χ2v) is 8.42. The lowest BCUT2D eigenvalue weighted by atomic mass is 9.94. The normalized spacial score (nSPS) is 15.2. The van der Waals surface area contributed by atoms with E-state index in [4.69, 9.17) is 4.42 Å². The lowest BCUT2D eigenvalue weighted by molar-refractivity contribution is -0.404. The van der Waals surface area contributed by atoms with Crippen LogP contribution in [0.1, 0.15) is 41.4 Å². The topological polar surface area (TPSA) is 131 Å². The van der Waals surface area contributed by atoms with Crippen molar-refractivity contribution in [3.63, 3.8) is 0 Å². The van der Waals surface area contributed by atoms with Crippen LogP contribution in [0.3, 0.4) is 0 Å². The van der Waals surface area contributed by atoms with E-state index in [1.54, 1.807) is 24.8 Å². The summed E-state index contributed by atoms with van der Waals surface area (Å²) in [7, 11) is 0. The van der Waals surface area contributed by atoms with Crippen molar-refractivity contribution in [2.75, 3.05) is 17.3 Å². The van der Waals surface area contributed by atoms with Gasteiger partial charge in [-0.1, -0.05) is 19.2 Å². The number of nitrogens with one attached hydrogen (secondary N) is 2. The van der Waals surface area contributed by atoms with Crippen molar-refractivity contribution in [1.82, 2.24) is 10.3 Å². The zero-order valence-corrected chi connectivity index (χ0v) is 18.6. The fourth-order valence-electron chi connectivity index (χ4n) is 3.18. The second kappa shape index (κ2) is 12.0. The maximum Gasteiger partial charge on any atom is 0.294 e. The van der Waals surface area contributed by atoms with Crippen LogP contribution in [0.5, 0.6) is 0 Å². The first-order valence-electron chi connectivity index (χ1n) is 9.99. The molecule has 1 amide bonds. The van der Waals surface area contributed by atoms with Gasteiger partial charge in [0.25, 0.3) is 11.9 Å². The summed E-state index contributed by atoms with van der Waals surface area (Å²) in [4.78, 5) is 16.6. The fourth-order valence-corrected chi connectivity index (χ4v) is 3.63. The number of aliphatic hydroxyl groups excluding tert-OH is 2. The van der Waals surface area contributed by atoms with Gasteiger partial charge in [0.2, 0.25) is 0 Å². The fraction of sp³-hybridized carbons (Fsp3) is 0.524. The summed E-state index contributed by atoms with van der Waals surface area (Å²) in [5, 5.41) is 37.4. The Morgan fingerprint density at radius 3 is 2.74 bits per heavy atom. The lowest BCUT2D eigenvalue weighted by Crippen LogP contribution is -2.50. The summed E-state index contributed by atoms with van der Waals surface area (Å²) in [6.45, 7) is 3.10. The third-order valence-electron chi connectivity index (χ3n) is 4.59. The number of benzene rings is 1. The molecule has 0 aliphatic carbocycles. The average Bonchev–Trinajstić information content (AvgIpc) is 3.14. The van der Waals surface area contributed by atoms with Gasteiger partial charge in [-0.3, -0.25) is 4.79 Å². The standard InChI is InChI=1S/C21H29FN3O5S/c1-12-7-14(9-15(22)8-12)10-16(19(28)18(27)5-4-6-31-3)24-20(29)17-11-30-21(25-17)23-13(2)26/h7-9,11,13,16,18-19,27-28H,4-6,10H2,1-3H3,(H,23,25)(H,24,29)/q-1. The largest absolute Gasteiger partial charge is 0.836 e. The van der Waals surface area contributed by atoms with Crippen molar-refractivity contribution in [2.45, 2.75) is 57.6 Å². The Balaban J connectivity index is 2.17. The van der Waals surface area contributed by atoms with Gasteiger partial charge < -0.3 is 30.4 Å². The number of carbonyl (C=O) groups excluding carboxylic acids is 1. The van der Waals surface area contributed by atoms with Crippen molar-refractivity contribution >= 4 is 23.7 Å². The highest BCUT2D eigenvalue weighted by Crippen LogP contribution is 2.17. The van der Waals surface area contributed by atoms with Gasteiger partial charge in [-0.2, -0.15) is 16.7 Å². The van der Waals surface area contributed by atoms with E-state index in [1.807, 2.05) is 6.26 Å². The molecule has 2 aromatic rings. The third-order valence-corrected chi connectivity index (χ3v) is 5.29. The number of aryl methyl sites for hydroxylation is 1. The number of aromatic nitrogens is 1. The zero-order chi connectivity index (χ0) is 23.0. The molecule has 4 N–H and O–H groups in total. The summed E-state index contributed by atoms with van der Waals surface area (Å²) < 4.78 is 18.9. The van der Waals surface area contributed by atoms with Crippen LogP contribution in [0.4, 0.5) is 10.4 Å². The highest BCUT2D eigenvalue weighted by molar-refractivity contribution is 7.98. The lowest BCUT2D eigenvalue weighted by Gasteiger charge is -2.28. The molecule has 10 heteroatoms. The van der Waals surface area contributed by atoms with Crippen molar-refractivity contribution < 1.29 is 28.9 Å². The van der Waals surface area contributed by atoms with E-state index in [0.29, 0.717) is 24.0 Å². The molecule has 0 fully saturated rings. The third kappa shape index (κ3) is 8.13. The smallest absolute Gasteiger partial charge is 0.294 e. The number of oxazole rings is 1. The van der Waals surface area contributed by atoms with Crippen LogP contribution in [-0.2, 0) is 6.42 Å². The van der Waals surface area contributed by atoms with Crippen LogP contribution in [0, 0.1) is 12.7 Å². The van der Waals surface area contributed by atoms with E-state index in [1.165, 1.54) is 19.1 Å². The molecule has 0 radical (unpaired) electrons. The zero-order valence-electron chi connectivity index (χ0n) is 17.8. The van der Waals surface area contributed by atoms with E-state index >= 15 is 0 Å². The Kier molecular flexibility index (Phi) is 9.76. The van der Waals surface area contributed by atoms with Crippen molar-refractivity contribution in [1.29, 1.82) is 0 Å². The molecule has 31 heavy (non-hydrogen) atoms. The maximum atomic E-state index is 13.8. The maximum absolute atomic E-state index is 13.8. The number of nitrogens with zero attached hydrogens (tertiary/aromatic N) is 1. The molecule has 8 nitrogen and oxygen atoms in total. The molecule has 4 atom stereocenters. The molecule has 0 bridgehead atoms. The Labute approximate surface area is 185 Å². The molecule has 0 saturated carbocycles. The van der Waals surface area contributed by atoms with Gasteiger partial charge in [-0.15, -0.1) is 0 Å². The van der Waals surface area contributed by atoms with Gasteiger partial charge in [-0.25, -0.2) is 4.39 Å². The molecule has 172 valence electrons. The van der Waals surface area contributed by atoms with Gasteiger partial charge >= 0.3 is 0 Å². The molecule has 4 unspecified atom stereocenters. The van der Waals surface area contributed by atoms with E-state index in [-0.39, 0.29) is 18.1 Å². The van der Waals surface area contributed by atoms with Crippen molar-refractivity contribution in [3.8, 4) is 0 Å². The molecular weight excluding hydrogens is 425 g/mol. The number of carbonyl (C=O) groups is 1. The number of thioether (sulfide) groups is 1. The molecule has 0 aliphatic rings. The molecule has 1 aromatic heterocycles. The molecule has 0 saturated heterocycles. The Hall–Kier alpha value is -2.14. The first-order chi connectivity index (χ1) is 14.7. The minimum Gasteiger partial charge on any atom is -0.836 e. The molecule has 0 aliphatic heterocycles. The molecule has 2 rings (SSSR count). The van der Waals surface area contributed by atoms with Crippen LogP contribution in [0.15, 0.2) is 28.9 Å². The van der Waals surface area contributed by atoms with Gasteiger partial charge in [0, 0.05) is 0 Å². The number of halogens is 1. The van der Waals surface area contributed by atoms with E-state index in [9.17, 15) is 24.5 Å². The van der Waals surface area contributed by atoms with Crippen LogP contribution in [-0.4, -0.2) is 57.6 Å². The summed E-state index contributed by atoms with van der Waals surface area (Å²) in [6, 6.07) is 3.47. The van der Waals surface area contributed by atoms with Crippen LogP contribution in [0.2, 0.25) is 0 Å².